The van der Waals surface area contributed by atoms with Crippen LogP contribution in [0.15, 0.2) is 97.8 Å². The second-order valence-electron chi connectivity index (χ2n) is 11.0. The lowest BCUT2D eigenvalue weighted by atomic mass is 9.91. The number of fused-ring (bicyclic) bond motifs is 2. The van der Waals surface area contributed by atoms with Gasteiger partial charge in [0.25, 0.3) is 0 Å². The van der Waals surface area contributed by atoms with E-state index in [1.54, 1.807) is 36.8 Å². The molecule has 0 aliphatic heterocycles. The molecule has 3 N–H and O–H groups in total. The molecule has 0 saturated heterocycles. The van der Waals surface area contributed by atoms with Crippen LogP contribution in [-0.2, 0) is 0 Å². The molecule has 0 aliphatic carbocycles. The van der Waals surface area contributed by atoms with Gasteiger partial charge >= 0.3 is 0 Å². The van der Waals surface area contributed by atoms with E-state index in [1.165, 1.54) is 12.1 Å². The van der Waals surface area contributed by atoms with Gasteiger partial charge in [-0.2, -0.15) is 5.10 Å². The number of hydrogen-bond acceptors (Lipinski definition) is 4. The summed E-state index contributed by atoms with van der Waals surface area (Å²) >= 11 is 0. The zero-order chi connectivity index (χ0) is 28.4. The number of nitrogens with one attached hydrogen (secondary N) is 3. The van der Waals surface area contributed by atoms with Crippen molar-refractivity contribution in [3.8, 4) is 22.5 Å². The monoisotopic (exact) mass is 532 g/mol. The van der Waals surface area contributed by atoms with Gasteiger partial charge in [0.15, 0.2) is 0 Å². The van der Waals surface area contributed by atoms with E-state index in [-0.39, 0.29) is 11.2 Å². The maximum Gasteiger partial charge on any atom is 0.123 e. The Morgan fingerprint density at radius 3 is 2.52 bits per heavy atom. The minimum absolute atomic E-state index is 0.128. The number of aromatic amines is 2. The fourth-order valence-corrected chi connectivity index (χ4v) is 4.83. The number of benzene rings is 1. The van der Waals surface area contributed by atoms with E-state index in [0.717, 1.165) is 73.4 Å². The van der Waals surface area contributed by atoms with Crippen LogP contribution in [0.3, 0.4) is 0 Å². The van der Waals surface area contributed by atoms with Crippen molar-refractivity contribution >= 4 is 27.4 Å². The molecule has 40 heavy (non-hydrogen) atoms. The first kappa shape index (κ1) is 26.8. The molecule has 0 aliphatic rings. The molecule has 5 rings (SSSR count). The second-order valence-corrected chi connectivity index (χ2v) is 11.0. The molecular weight excluding hydrogens is 499 g/mol. The van der Waals surface area contributed by atoms with Crippen molar-refractivity contribution in [2.45, 2.75) is 34.1 Å². The topological polar surface area (TPSA) is 82.3 Å². The van der Waals surface area contributed by atoms with Crippen molar-refractivity contribution in [3.05, 3.63) is 109 Å². The van der Waals surface area contributed by atoms with E-state index < -0.39 is 0 Å². The third kappa shape index (κ3) is 5.64. The third-order valence-electron chi connectivity index (χ3n) is 6.61. The van der Waals surface area contributed by atoms with Gasteiger partial charge in [-0.15, -0.1) is 0 Å². The third-order valence-corrected chi connectivity index (χ3v) is 6.61. The van der Waals surface area contributed by atoms with Gasteiger partial charge in [0.2, 0.25) is 0 Å². The summed E-state index contributed by atoms with van der Waals surface area (Å²) in [6.45, 7) is 16.7. The van der Waals surface area contributed by atoms with E-state index in [0.29, 0.717) is 0 Å². The summed E-state index contributed by atoms with van der Waals surface area (Å²) in [7, 11) is 0. The van der Waals surface area contributed by atoms with Crippen LogP contribution in [0.25, 0.3) is 49.9 Å². The van der Waals surface area contributed by atoms with Gasteiger partial charge in [-0.25, -0.2) is 4.39 Å². The Hall–Kier alpha value is -4.78. The van der Waals surface area contributed by atoms with Crippen LogP contribution in [0, 0.1) is 11.2 Å². The summed E-state index contributed by atoms with van der Waals surface area (Å²) in [6.07, 6.45) is 12.1. The summed E-state index contributed by atoms with van der Waals surface area (Å²) in [5.74, 6) is -0.271. The van der Waals surface area contributed by atoms with E-state index in [1.807, 2.05) is 25.1 Å². The van der Waals surface area contributed by atoms with E-state index in [2.05, 4.69) is 65.5 Å². The molecule has 6 nitrogen and oxygen atoms in total. The molecular formula is C33H33FN6. The first-order valence-corrected chi connectivity index (χ1v) is 13.2. The average molecular weight is 533 g/mol. The Balaban J connectivity index is 1.51. The molecule has 4 heterocycles. The number of H-pyrrole nitrogens is 2. The Bertz CT molecular complexity index is 1780. The molecule has 4 aromatic heterocycles. The lowest BCUT2D eigenvalue weighted by molar-refractivity contribution is 0.403. The number of halogens is 1. The smallest absolute Gasteiger partial charge is 0.123 e. The molecule has 0 saturated carbocycles. The highest BCUT2D eigenvalue weighted by Crippen LogP contribution is 2.34. The maximum absolute atomic E-state index is 13.5. The highest BCUT2D eigenvalue weighted by atomic mass is 19.1. The van der Waals surface area contributed by atoms with Crippen molar-refractivity contribution in [1.29, 1.82) is 0 Å². The first-order chi connectivity index (χ1) is 19.1. The number of pyridine rings is 2. The van der Waals surface area contributed by atoms with Gasteiger partial charge in [-0.05, 0) is 66.3 Å². The van der Waals surface area contributed by atoms with Crippen LogP contribution < -0.4 is 5.32 Å². The normalized spacial score (nSPS) is 12.7. The van der Waals surface area contributed by atoms with Crippen molar-refractivity contribution in [1.82, 2.24) is 30.5 Å². The van der Waals surface area contributed by atoms with E-state index in [4.69, 9.17) is 4.98 Å². The molecule has 0 amide bonds. The minimum Gasteiger partial charge on any atom is -0.359 e. The van der Waals surface area contributed by atoms with Gasteiger partial charge in [0, 0.05) is 33.9 Å². The molecule has 0 radical (unpaired) electrons. The van der Waals surface area contributed by atoms with Crippen LogP contribution in [0.2, 0.25) is 0 Å². The van der Waals surface area contributed by atoms with Crippen LogP contribution in [0.1, 0.15) is 39.8 Å². The van der Waals surface area contributed by atoms with Crippen molar-refractivity contribution < 1.29 is 4.39 Å². The number of hydrogen-bond donors (Lipinski definition) is 3. The van der Waals surface area contributed by atoms with Gasteiger partial charge < -0.3 is 10.3 Å². The summed E-state index contributed by atoms with van der Waals surface area (Å²) < 4.78 is 13.5. The Kier molecular flexibility index (Phi) is 7.22. The average Bonchev–Trinajstić information content (AvgIpc) is 3.54. The van der Waals surface area contributed by atoms with Crippen LogP contribution in [-0.4, -0.2) is 25.1 Å². The highest BCUT2D eigenvalue weighted by molar-refractivity contribution is 6.01. The predicted molar refractivity (Wildman–Crippen MR) is 163 cm³/mol. The van der Waals surface area contributed by atoms with Crippen molar-refractivity contribution in [3.63, 3.8) is 0 Å². The Morgan fingerprint density at radius 1 is 1.05 bits per heavy atom. The maximum atomic E-state index is 13.5. The lowest BCUT2D eigenvalue weighted by Crippen LogP contribution is -2.16. The van der Waals surface area contributed by atoms with Gasteiger partial charge in [0.05, 0.1) is 34.8 Å². The van der Waals surface area contributed by atoms with Crippen molar-refractivity contribution in [2.75, 3.05) is 0 Å². The predicted octanol–water partition coefficient (Wildman–Crippen LogP) is 8.32. The molecule has 202 valence electrons. The molecule has 5 aromatic rings. The fourth-order valence-electron chi connectivity index (χ4n) is 4.83. The molecule has 7 heteroatoms. The quantitative estimate of drug-likeness (QED) is 0.176. The molecule has 0 bridgehead atoms. The molecule has 0 unspecified atom stereocenters. The number of nitrogens with zero attached hydrogens (tertiary/aromatic N) is 3. The standard InChI is InChI=1S/C33H33FN6/c1-7-21(13-24(8-2)37-20(3)16-33(4,5)6)28-15-26-31(19-36-28)39-40-32(26)29-14-25-27(17-35-18-30(25)38-29)22-9-11-23(34)12-10-22/h7-15,17-19,37-38H,2-3,16H2,1,4-6H3,(H,39,40)/b21-7+,24-13+. The summed E-state index contributed by atoms with van der Waals surface area (Å²) in [5, 5.41) is 13.0. The zero-order valence-corrected chi connectivity index (χ0v) is 23.3. The van der Waals surface area contributed by atoms with E-state index >= 15 is 0 Å². The summed E-state index contributed by atoms with van der Waals surface area (Å²) in [5.41, 5.74) is 8.80. The largest absolute Gasteiger partial charge is 0.359 e. The van der Waals surface area contributed by atoms with Crippen LogP contribution in [0.4, 0.5) is 4.39 Å². The Labute approximate surface area is 233 Å². The summed E-state index contributed by atoms with van der Waals surface area (Å²) in [6, 6.07) is 10.5. The highest BCUT2D eigenvalue weighted by Gasteiger charge is 2.16. The molecule has 1 aromatic carbocycles. The van der Waals surface area contributed by atoms with Crippen LogP contribution >= 0.6 is 0 Å². The van der Waals surface area contributed by atoms with Gasteiger partial charge in [-0.1, -0.05) is 52.1 Å². The van der Waals surface area contributed by atoms with E-state index in [9.17, 15) is 4.39 Å². The van der Waals surface area contributed by atoms with Gasteiger partial charge in [-0.3, -0.25) is 15.1 Å². The number of rotatable bonds is 8. The van der Waals surface area contributed by atoms with Crippen LogP contribution in [0.5, 0.6) is 0 Å². The first-order valence-electron chi connectivity index (χ1n) is 13.2. The lowest BCUT2D eigenvalue weighted by Gasteiger charge is -2.21. The molecule has 0 fully saturated rings. The number of aromatic nitrogens is 5. The van der Waals surface area contributed by atoms with Gasteiger partial charge in [0.1, 0.15) is 11.5 Å². The SMILES string of the molecule is C=C/C(=C\C(=C/C)c1cc2c(-c3cc4c(-c5ccc(F)cc5)cncc4[nH]3)n[nH]c2cn1)NC(=C)CC(C)(C)C. The minimum atomic E-state index is -0.271. The number of allylic oxidation sites excluding steroid dienone is 5. The second kappa shape index (κ2) is 10.8. The summed E-state index contributed by atoms with van der Waals surface area (Å²) in [4.78, 5) is 12.5. The molecule has 0 atom stereocenters. The van der Waals surface area contributed by atoms with Crippen molar-refractivity contribution in [2.24, 2.45) is 5.41 Å². The Morgan fingerprint density at radius 2 is 1.82 bits per heavy atom. The zero-order valence-electron chi connectivity index (χ0n) is 23.3. The fraction of sp³-hybridized carbons (Fsp3) is 0.182. The molecule has 0 spiro atoms.